The predicted octanol–water partition coefficient (Wildman–Crippen LogP) is 5.58. The van der Waals surface area contributed by atoms with Crippen LogP contribution in [0.15, 0.2) is 83.3 Å². The molecule has 4 rings (SSSR count). The fourth-order valence-electron chi connectivity index (χ4n) is 4.83. The molecule has 0 aliphatic heterocycles. The average Bonchev–Trinajstić information content (AvgIpc) is 3.55. The van der Waals surface area contributed by atoms with E-state index in [0.29, 0.717) is 11.8 Å². The van der Waals surface area contributed by atoms with Crippen molar-refractivity contribution in [1.82, 2.24) is 9.13 Å². The standard InChI is InChI=1S/C33H44N6O2/c1-7-9-19-38-23-21-36(3)32(38)30(40-5)34-28-15-11-26(12-16-28)25-27-13-17-29(18-14-27)35-31(41-6)33-37(4)22-24-39(33)20-10-8-2/h11-18,21-24H,7-10,19-20,25H2,1-6H3/q+2. The molecule has 2 heterocycles. The summed E-state index contributed by atoms with van der Waals surface area (Å²) < 4.78 is 19.9. The molecule has 0 bridgehead atoms. The Kier molecular flexibility index (Phi) is 10.5. The maximum Gasteiger partial charge on any atom is 0.345 e. The van der Waals surface area contributed by atoms with Gasteiger partial charge in [0, 0.05) is 0 Å². The van der Waals surface area contributed by atoms with E-state index in [9.17, 15) is 0 Å². The predicted molar refractivity (Wildman–Crippen MR) is 163 cm³/mol. The Morgan fingerprint density at radius 2 is 1.05 bits per heavy atom. The summed E-state index contributed by atoms with van der Waals surface area (Å²) in [6.45, 7) is 6.28. The summed E-state index contributed by atoms with van der Waals surface area (Å²) in [4.78, 5) is 9.63. The molecule has 4 aromatic rings. The number of unbranched alkanes of at least 4 members (excludes halogenated alkanes) is 2. The number of imidazole rings is 2. The summed E-state index contributed by atoms with van der Waals surface area (Å²) in [5.41, 5.74) is 4.16. The van der Waals surface area contributed by atoms with Crippen molar-refractivity contribution < 1.29 is 18.6 Å². The van der Waals surface area contributed by atoms with Gasteiger partial charge in [-0.15, -0.1) is 0 Å². The van der Waals surface area contributed by atoms with Crippen molar-refractivity contribution in [2.24, 2.45) is 24.1 Å². The van der Waals surface area contributed by atoms with Gasteiger partial charge in [-0.25, -0.2) is 28.3 Å². The molecular weight excluding hydrogens is 512 g/mol. The lowest BCUT2D eigenvalue weighted by molar-refractivity contribution is -0.673. The van der Waals surface area contributed by atoms with Crippen molar-refractivity contribution in [1.29, 1.82) is 0 Å². The highest BCUT2D eigenvalue weighted by Gasteiger charge is 2.23. The first-order valence-corrected chi connectivity index (χ1v) is 14.5. The van der Waals surface area contributed by atoms with Gasteiger partial charge < -0.3 is 9.47 Å². The monoisotopic (exact) mass is 556 g/mol. The Bertz CT molecular complexity index is 1350. The molecule has 216 valence electrons. The number of methoxy groups -OCH3 is 2. The van der Waals surface area contributed by atoms with Crippen molar-refractivity contribution in [2.45, 2.75) is 59.0 Å². The molecule has 8 nitrogen and oxygen atoms in total. The second kappa shape index (κ2) is 14.4. The van der Waals surface area contributed by atoms with Crippen LogP contribution in [0.4, 0.5) is 11.4 Å². The first-order valence-electron chi connectivity index (χ1n) is 14.5. The van der Waals surface area contributed by atoms with E-state index in [4.69, 9.17) is 19.5 Å². The second-order valence-electron chi connectivity index (χ2n) is 10.3. The topological polar surface area (TPSA) is 60.8 Å². The summed E-state index contributed by atoms with van der Waals surface area (Å²) in [6.07, 6.45) is 13.6. The molecule has 0 N–H and O–H groups in total. The van der Waals surface area contributed by atoms with Crippen LogP contribution in [0.3, 0.4) is 0 Å². The van der Waals surface area contributed by atoms with Crippen LogP contribution in [0.25, 0.3) is 0 Å². The zero-order chi connectivity index (χ0) is 29.2. The SMILES string of the molecule is CCCCn1cc[n+](C)c1C(=Nc1ccc(Cc2ccc(N=C(OC)c3n(CCCC)cc[n+]3C)cc2)cc1)OC. The quantitative estimate of drug-likeness (QED) is 0.130. The van der Waals surface area contributed by atoms with Gasteiger partial charge in [-0.3, -0.25) is 0 Å². The van der Waals surface area contributed by atoms with Gasteiger partial charge in [-0.2, -0.15) is 0 Å². The van der Waals surface area contributed by atoms with Crippen molar-refractivity contribution in [3.63, 3.8) is 0 Å². The Morgan fingerprint density at radius 3 is 1.39 bits per heavy atom. The number of aromatic nitrogens is 4. The van der Waals surface area contributed by atoms with Crippen molar-refractivity contribution >= 4 is 23.2 Å². The van der Waals surface area contributed by atoms with Gasteiger partial charge in [0.1, 0.15) is 24.8 Å². The number of nitrogens with zero attached hydrogens (tertiary/aromatic N) is 6. The lowest BCUT2D eigenvalue weighted by Gasteiger charge is -2.07. The number of benzene rings is 2. The van der Waals surface area contributed by atoms with E-state index in [0.717, 1.165) is 68.2 Å². The minimum Gasteiger partial charge on any atom is -0.475 e. The summed E-state index contributed by atoms with van der Waals surface area (Å²) in [7, 11) is 7.40. The van der Waals surface area contributed by atoms with Crippen LogP contribution in [-0.2, 0) is 43.1 Å². The van der Waals surface area contributed by atoms with Gasteiger partial charge in [0.2, 0.25) is 0 Å². The highest BCUT2D eigenvalue weighted by atomic mass is 16.5. The number of rotatable bonds is 12. The normalized spacial score (nSPS) is 12.1. The summed E-state index contributed by atoms with van der Waals surface area (Å²) in [6, 6.07) is 16.7. The molecule has 0 atom stereocenters. The fraction of sp³-hybridized carbons (Fsp3) is 0.394. The van der Waals surface area contributed by atoms with E-state index < -0.39 is 0 Å². The second-order valence-corrected chi connectivity index (χ2v) is 10.3. The van der Waals surface area contributed by atoms with E-state index in [2.05, 4.69) is 68.8 Å². The molecule has 0 aliphatic rings. The highest BCUT2D eigenvalue weighted by molar-refractivity contribution is 5.91. The number of hydrogen-bond donors (Lipinski definition) is 0. The van der Waals surface area contributed by atoms with Gasteiger partial charge in [0.25, 0.3) is 0 Å². The number of ether oxygens (including phenoxy) is 2. The molecule has 0 radical (unpaired) electrons. The average molecular weight is 557 g/mol. The maximum absolute atomic E-state index is 5.71. The van der Waals surface area contributed by atoms with Crippen LogP contribution >= 0.6 is 0 Å². The lowest BCUT2D eigenvalue weighted by atomic mass is 10.0. The molecule has 0 saturated heterocycles. The van der Waals surface area contributed by atoms with Crippen molar-refractivity contribution in [3.8, 4) is 0 Å². The maximum atomic E-state index is 5.71. The van der Waals surface area contributed by atoms with Gasteiger partial charge >= 0.3 is 23.4 Å². The van der Waals surface area contributed by atoms with Crippen LogP contribution in [0.1, 0.15) is 62.3 Å². The number of aliphatic imine (C=N–C) groups is 2. The molecule has 8 heteroatoms. The Labute approximate surface area is 244 Å². The van der Waals surface area contributed by atoms with Crippen LogP contribution < -0.4 is 9.13 Å². The van der Waals surface area contributed by atoms with Gasteiger partial charge in [0.15, 0.2) is 0 Å². The zero-order valence-corrected chi connectivity index (χ0v) is 25.4. The van der Waals surface area contributed by atoms with Crippen molar-refractivity contribution in [3.05, 3.63) is 96.1 Å². The third kappa shape index (κ3) is 7.51. The summed E-state index contributed by atoms with van der Waals surface area (Å²) >= 11 is 0. The van der Waals surface area contributed by atoms with Crippen LogP contribution in [0.5, 0.6) is 0 Å². The first-order chi connectivity index (χ1) is 20.0. The van der Waals surface area contributed by atoms with E-state index >= 15 is 0 Å². The molecule has 2 aromatic carbocycles. The van der Waals surface area contributed by atoms with Gasteiger partial charge in [-0.1, -0.05) is 51.0 Å². The first kappa shape index (κ1) is 29.8. The Balaban J connectivity index is 1.46. The summed E-state index contributed by atoms with van der Waals surface area (Å²) in [5.74, 6) is 3.15. The molecule has 0 fully saturated rings. The largest absolute Gasteiger partial charge is 0.475 e. The molecule has 0 amide bonds. The van der Waals surface area contributed by atoms with Crippen LogP contribution in [0.2, 0.25) is 0 Å². The molecular formula is C33H44N6O2+2. The lowest BCUT2D eigenvalue weighted by Crippen LogP contribution is -2.36. The molecule has 41 heavy (non-hydrogen) atoms. The van der Waals surface area contributed by atoms with Gasteiger partial charge in [0.05, 0.1) is 52.8 Å². The third-order valence-electron chi connectivity index (χ3n) is 7.17. The van der Waals surface area contributed by atoms with Gasteiger partial charge in [-0.05, 0) is 54.7 Å². The Hall–Kier alpha value is -4.20. The zero-order valence-electron chi connectivity index (χ0n) is 25.4. The van der Waals surface area contributed by atoms with E-state index in [1.165, 1.54) is 11.1 Å². The molecule has 0 unspecified atom stereocenters. The van der Waals surface area contributed by atoms with Crippen LogP contribution in [0, 0.1) is 0 Å². The smallest absolute Gasteiger partial charge is 0.345 e. The van der Waals surface area contributed by atoms with E-state index in [-0.39, 0.29) is 0 Å². The molecule has 0 spiro atoms. The highest BCUT2D eigenvalue weighted by Crippen LogP contribution is 2.20. The van der Waals surface area contributed by atoms with E-state index in [1.807, 2.05) is 50.8 Å². The summed E-state index contributed by atoms with van der Waals surface area (Å²) in [5, 5.41) is 0. The van der Waals surface area contributed by atoms with Crippen LogP contribution in [-0.4, -0.2) is 35.1 Å². The molecule has 0 saturated carbocycles. The van der Waals surface area contributed by atoms with Crippen molar-refractivity contribution in [2.75, 3.05) is 14.2 Å². The minimum absolute atomic E-state index is 0.610. The Morgan fingerprint density at radius 1 is 0.659 bits per heavy atom. The minimum atomic E-state index is 0.610. The number of hydrogen-bond acceptors (Lipinski definition) is 4. The number of aryl methyl sites for hydroxylation is 4. The molecule has 2 aromatic heterocycles. The third-order valence-corrected chi connectivity index (χ3v) is 7.17. The molecule has 0 aliphatic carbocycles. The van der Waals surface area contributed by atoms with E-state index in [1.54, 1.807) is 14.2 Å². The fourth-order valence-corrected chi connectivity index (χ4v) is 4.83.